The van der Waals surface area contributed by atoms with Crippen LogP contribution < -0.4 is 0 Å². The number of rotatable bonds is 7. The van der Waals surface area contributed by atoms with E-state index in [0.717, 1.165) is 50.0 Å². The van der Waals surface area contributed by atoms with Gasteiger partial charge < -0.3 is 9.64 Å². The molecule has 5 rings (SSSR count). The van der Waals surface area contributed by atoms with Gasteiger partial charge in [0.15, 0.2) is 0 Å². The van der Waals surface area contributed by atoms with E-state index in [9.17, 15) is 9.59 Å². The monoisotopic (exact) mass is 373 g/mol. The molecule has 5 aliphatic carbocycles. The van der Waals surface area contributed by atoms with Crippen LogP contribution in [0.25, 0.3) is 0 Å². The zero-order valence-corrected chi connectivity index (χ0v) is 16.9. The molecule has 4 fully saturated rings. The van der Waals surface area contributed by atoms with Gasteiger partial charge in [-0.3, -0.25) is 9.59 Å². The van der Waals surface area contributed by atoms with Crippen molar-refractivity contribution in [2.75, 3.05) is 20.2 Å². The van der Waals surface area contributed by atoms with Gasteiger partial charge in [-0.15, -0.1) is 0 Å². The van der Waals surface area contributed by atoms with Crippen LogP contribution >= 0.6 is 0 Å². The van der Waals surface area contributed by atoms with Gasteiger partial charge in [0.2, 0.25) is 5.91 Å². The van der Waals surface area contributed by atoms with Gasteiger partial charge in [0.25, 0.3) is 0 Å². The summed E-state index contributed by atoms with van der Waals surface area (Å²) < 4.78 is 4.84. The van der Waals surface area contributed by atoms with E-state index in [1.807, 2.05) is 4.90 Å². The van der Waals surface area contributed by atoms with Crippen LogP contribution in [0.5, 0.6) is 0 Å². The summed E-state index contributed by atoms with van der Waals surface area (Å²) in [6.07, 6.45) is 15.9. The van der Waals surface area contributed by atoms with Gasteiger partial charge in [-0.1, -0.05) is 11.6 Å². The molecule has 0 atom stereocenters. The molecule has 0 spiro atoms. The van der Waals surface area contributed by atoms with Crippen LogP contribution in [0.15, 0.2) is 11.6 Å². The highest BCUT2D eigenvalue weighted by Gasteiger charge is 2.55. The molecule has 0 saturated heterocycles. The number of nitrogens with zero attached hydrogens (tertiary/aromatic N) is 1. The Morgan fingerprint density at radius 2 is 1.74 bits per heavy atom. The maximum absolute atomic E-state index is 13.7. The minimum Gasteiger partial charge on any atom is -0.469 e. The normalized spacial score (nSPS) is 34.3. The highest BCUT2D eigenvalue weighted by Crippen LogP contribution is 2.60. The van der Waals surface area contributed by atoms with Crippen molar-refractivity contribution >= 4 is 11.9 Å². The number of carbonyl (C=O) groups excluding carboxylic acids is 2. The fourth-order valence-corrected chi connectivity index (χ4v) is 6.76. The highest BCUT2D eigenvalue weighted by molar-refractivity contribution is 5.84. The Morgan fingerprint density at radius 1 is 1.07 bits per heavy atom. The fourth-order valence-electron chi connectivity index (χ4n) is 6.76. The first-order chi connectivity index (χ1) is 13.1. The Kier molecular flexibility index (Phi) is 5.61. The molecule has 4 saturated carbocycles. The Balaban J connectivity index is 1.45. The second kappa shape index (κ2) is 7.97. The lowest BCUT2D eigenvalue weighted by atomic mass is 9.49. The average molecular weight is 374 g/mol. The molecule has 4 heteroatoms. The van der Waals surface area contributed by atoms with E-state index in [0.29, 0.717) is 18.9 Å². The number of carbonyl (C=O) groups is 2. The van der Waals surface area contributed by atoms with Crippen LogP contribution in [0.2, 0.25) is 0 Å². The lowest BCUT2D eigenvalue weighted by Gasteiger charge is -2.56. The quantitative estimate of drug-likeness (QED) is 0.488. The molecule has 0 unspecified atom stereocenters. The molecule has 0 aliphatic heterocycles. The lowest BCUT2D eigenvalue weighted by molar-refractivity contribution is -0.158. The fraction of sp³-hybridized carbons (Fsp3) is 0.826. The van der Waals surface area contributed by atoms with E-state index in [1.54, 1.807) is 0 Å². The number of allylic oxidation sites excluding steroid dienone is 1. The van der Waals surface area contributed by atoms with E-state index in [4.69, 9.17) is 4.74 Å². The summed E-state index contributed by atoms with van der Waals surface area (Å²) in [6, 6.07) is 0. The van der Waals surface area contributed by atoms with Crippen molar-refractivity contribution in [1.29, 1.82) is 0 Å². The molecule has 27 heavy (non-hydrogen) atoms. The number of hydrogen-bond donors (Lipinski definition) is 0. The number of hydrogen-bond acceptors (Lipinski definition) is 3. The molecule has 0 N–H and O–H groups in total. The van der Waals surface area contributed by atoms with E-state index in [1.165, 1.54) is 57.6 Å². The summed E-state index contributed by atoms with van der Waals surface area (Å²) in [5.41, 5.74) is 1.38. The average Bonchev–Trinajstić information content (AvgIpc) is 2.67. The molecule has 0 radical (unpaired) electrons. The third-order valence-corrected chi connectivity index (χ3v) is 7.68. The van der Waals surface area contributed by atoms with Crippen molar-refractivity contribution in [1.82, 2.24) is 4.90 Å². The molecule has 0 aromatic heterocycles. The van der Waals surface area contributed by atoms with Crippen molar-refractivity contribution in [3.8, 4) is 0 Å². The Labute approximate surface area is 163 Å². The number of esters is 1. The number of methoxy groups -OCH3 is 1. The van der Waals surface area contributed by atoms with Crippen LogP contribution in [0.1, 0.15) is 77.0 Å². The molecule has 5 aliphatic rings. The van der Waals surface area contributed by atoms with Crippen molar-refractivity contribution in [2.24, 2.45) is 23.2 Å². The summed E-state index contributed by atoms with van der Waals surface area (Å²) in [7, 11) is 1.43. The number of ether oxygens (including phenoxy) is 1. The zero-order valence-electron chi connectivity index (χ0n) is 16.9. The Hall–Kier alpha value is -1.32. The summed E-state index contributed by atoms with van der Waals surface area (Å²) in [4.78, 5) is 27.5. The van der Waals surface area contributed by atoms with Gasteiger partial charge in [0.05, 0.1) is 18.9 Å². The lowest BCUT2D eigenvalue weighted by Crippen LogP contribution is -2.55. The van der Waals surface area contributed by atoms with Crippen molar-refractivity contribution in [3.05, 3.63) is 11.6 Å². The summed E-state index contributed by atoms with van der Waals surface area (Å²) in [6.45, 7) is 1.28. The van der Waals surface area contributed by atoms with E-state index < -0.39 is 0 Å². The smallest absolute Gasteiger partial charge is 0.307 e. The minimum absolute atomic E-state index is 0.119. The first-order valence-electron chi connectivity index (χ1n) is 11.1. The van der Waals surface area contributed by atoms with E-state index >= 15 is 0 Å². The van der Waals surface area contributed by atoms with Crippen molar-refractivity contribution in [3.63, 3.8) is 0 Å². The first kappa shape index (κ1) is 19.0. The predicted octanol–water partition coefficient (Wildman–Crippen LogP) is 4.49. The van der Waals surface area contributed by atoms with Crippen LogP contribution in [-0.4, -0.2) is 37.0 Å². The predicted molar refractivity (Wildman–Crippen MR) is 105 cm³/mol. The maximum Gasteiger partial charge on any atom is 0.307 e. The van der Waals surface area contributed by atoms with Gasteiger partial charge in [-0.05, 0) is 88.4 Å². The van der Waals surface area contributed by atoms with Crippen LogP contribution in [0, 0.1) is 23.2 Å². The molecule has 1 amide bonds. The second-order valence-corrected chi connectivity index (χ2v) is 9.67. The van der Waals surface area contributed by atoms with E-state index in [2.05, 4.69) is 6.08 Å². The molecular formula is C23H35NO3. The third kappa shape index (κ3) is 4.09. The molecule has 0 aromatic carbocycles. The van der Waals surface area contributed by atoms with Gasteiger partial charge >= 0.3 is 5.97 Å². The summed E-state index contributed by atoms with van der Waals surface area (Å²) >= 11 is 0. The summed E-state index contributed by atoms with van der Waals surface area (Å²) in [5.74, 6) is 2.44. The second-order valence-electron chi connectivity index (χ2n) is 9.67. The molecule has 0 aromatic rings. The minimum atomic E-state index is -0.213. The van der Waals surface area contributed by atoms with Gasteiger partial charge in [-0.25, -0.2) is 0 Å². The molecule has 0 heterocycles. The van der Waals surface area contributed by atoms with Crippen LogP contribution in [-0.2, 0) is 14.3 Å². The molecule has 4 bridgehead atoms. The topological polar surface area (TPSA) is 46.6 Å². The maximum atomic E-state index is 13.7. The molecular weight excluding hydrogens is 338 g/mol. The Bertz CT molecular complexity index is 573. The van der Waals surface area contributed by atoms with Gasteiger partial charge in [0.1, 0.15) is 0 Å². The van der Waals surface area contributed by atoms with Crippen LogP contribution in [0.4, 0.5) is 0 Å². The number of amides is 1. The van der Waals surface area contributed by atoms with Crippen molar-refractivity contribution in [2.45, 2.75) is 77.0 Å². The van der Waals surface area contributed by atoms with Crippen molar-refractivity contribution < 1.29 is 14.3 Å². The van der Waals surface area contributed by atoms with Gasteiger partial charge in [-0.2, -0.15) is 0 Å². The van der Waals surface area contributed by atoms with Crippen LogP contribution in [0.3, 0.4) is 0 Å². The standard InChI is InChI=1S/C23H35NO3/c1-27-21(25)8-10-24(9-7-17-5-3-2-4-6-17)22(26)23-14-18-11-19(15-23)13-20(12-18)16-23/h5,18-20H,2-4,6-16H2,1H3. The largest absolute Gasteiger partial charge is 0.469 e. The zero-order chi connectivity index (χ0) is 18.9. The molecule has 150 valence electrons. The Morgan fingerprint density at radius 3 is 2.30 bits per heavy atom. The SMILES string of the molecule is COC(=O)CCN(CCC1=CCCCC1)C(=O)C12CC3CC(CC(C3)C1)C2. The molecule has 4 nitrogen and oxygen atoms in total. The summed E-state index contributed by atoms with van der Waals surface area (Å²) in [5, 5.41) is 0. The first-order valence-corrected chi connectivity index (χ1v) is 11.1. The highest BCUT2D eigenvalue weighted by atomic mass is 16.5. The van der Waals surface area contributed by atoms with Gasteiger partial charge in [0, 0.05) is 13.1 Å². The third-order valence-electron chi connectivity index (χ3n) is 7.68. The van der Waals surface area contributed by atoms with E-state index in [-0.39, 0.29) is 11.4 Å².